The molecule has 0 saturated heterocycles. The monoisotopic (exact) mass is 237 g/mol. The molecule has 1 nitrogen and oxygen atoms in total. The zero-order valence-corrected chi connectivity index (χ0v) is 12.0. The molecule has 2 fully saturated rings. The summed E-state index contributed by atoms with van der Waals surface area (Å²) in [7, 11) is 0. The van der Waals surface area contributed by atoms with Gasteiger partial charge in [0.1, 0.15) is 0 Å². The second kappa shape index (κ2) is 6.22. The second-order valence-electron chi connectivity index (χ2n) is 6.82. The molecule has 2 aliphatic rings. The minimum atomic E-state index is 0.751. The van der Waals surface area contributed by atoms with E-state index in [4.69, 9.17) is 0 Å². The van der Waals surface area contributed by atoms with Crippen LogP contribution in [0.5, 0.6) is 0 Å². The van der Waals surface area contributed by atoms with Crippen LogP contribution in [0.1, 0.15) is 72.1 Å². The first kappa shape index (κ1) is 13.4. The summed E-state index contributed by atoms with van der Waals surface area (Å²) in [4.78, 5) is 0. The Kier molecular flexibility index (Phi) is 4.90. The van der Waals surface area contributed by atoms with Crippen molar-refractivity contribution in [3.05, 3.63) is 0 Å². The highest BCUT2D eigenvalue weighted by Gasteiger charge is 2.27. The van der Waals surface area contributed by atoms with Gasteiger partial charge in [0.05, 0.1) is 0 Å². The quantitative estimate of drug-likeness (QED) is 0.768. The fourth-order valence-corrected chi connectivity index (χ4v) is 3.84. The average Bonchev–Trinajstić information content (AvgIpc) is 2.35. The lowest BCUT2D eigenvalue weighted by atomic mass is 9.78. The van der Waals surface area contributed by atoms with E-state index in [-0.39, 0.29) is 0 Å². The fourth-order valence-electron chi connectivity index (χ4n) is 3.84. The molecule has 3 unspecified atom stereocenters. The van der Waals surface area contributed by atoms with Crippen molar-refractivity contribution in [2.24, 2.45) is 17.8 Å². The predicted octanol–water partition coefficient (Wildman–Crippen LogP) is 4.37. The molecule has 2 aliphatic carbocycles. The van der Waals surface area contributed by atoms with E-state index in [9.17, 15) is 0 Å². The molecule has 100 valence electrons. The highest BCUT2D eigenvalue weighted by molar-refractivity contribution is 4.84. The topological polar surface area (TPSA) is 12.0 Å². The Bertz CT molecular complexity index is 220. The van der Waals surface area contributed by atoms with Crippen LogP contribution in [0.2, 0.25) is 0 Å². The van der Waals surface area contributed by atoms with Crippen molar-refractivity contribution in [3.8, 4) is 0 Å². The lowest BCUT2D eigenvalue weighted by Gasteiger charge is -2.37. The van der Waals surface area contributed by atoms with Crippen LogP contribution in [-0.4, -0.2) is 12.1 Å². The first-order chi connectivity index (χ1) is 8.16. The highest BCUT2D eigenvalue weighted by atomic mass is 15.0. The van der Waals surface area contributed by atoms with Gasteiger partial charge >= 0.3 is 0 Å². The maximum atomic E-state index is 3.94. The molecular weight excluding hydrogens is 206 g/mol. The first-order valence-electron chi connectivity index (χ1n) is 7.93. The second-order valence-corrected chi connectivity index (χ2v) is 6.82. The van der Waals surface area contributed by atoms with Gasteiger partial charge in [-0.2, -0.15) is 0 Å². The maximum Gasteiger partial charge on any atom is 0.00723 e. The van der Waals surface area contributed by atoms with E-state index in [2.05, 4.69) is 26.1 Å². The largest absolute Gasteiger partial charge is 0.311 e. The Hall–Kier alpha value is -0.0400. The summed E-state index contributed by atoms with van der Waals surface area (Å²) in [6, 6.07) is 1.55. The van der Waals surface area contributed by atoms with Gasteiger partial charge in [-0.05, 0) is 56.8 Å². The van der Waals surface area contributed by atoms with Gasteiger partial charge in [-0.1, -0.05) is 33.1 Å². The zero-order chi connectivity index (χ0) is 12.3. The van der Waals surface area contributed by atoms with E-state index in [0.717, 1.165) is 29.8 Å². The third-order valence-corrected chi connectivity index (χ3v) is 5.45. The lowest BCUT2D eigenvalue weighted by Crippen LogP contribution is -2.44. The molecule has 0 radical (unpaired) electrons. The average molecular weight is 237 g/mol. The summed E-state index contributed by atoms with van der Waals surface area (Å²) in [5.74, 6) is 2.82. The van der Waals surface area contributed by atoms with Gasteiger partial charge in [-0.3, -0.25) is 0 Å². The molecule has 2 rings (SSSR count). The third kappa shape index (κ3) is 3.71. The van der Waals surface area contributed by atoms with Crippen molar-refractivity contribution in [3.63, 3.8) is 0 Å². The van der Waals surface area contributed by atoms with Crippen molar-refractivity contribution in [2.45, 2.75) is 84.2 Å². The Morgan fingerprint density at radius 2 is 1.59 bits per heavy atom. The van der Waals surface area contributed by atoms with Crippen LogP contribution >= 0.6 is 0 Å². The van der Waals surface area contributed by atoms with Crippen molar-refractivity contribution in [1.82, 2.24) is 5.32 Å². The van der Waals surface area contributed by atoms with Crippen LogP contribution in [0.15, 0.2) is 0 Å². The molecule has 4 atom stereocenters. The van der Waals surface area contributed by atoms with E-state index >= 15 is 0 Å². The Morgan fingerprint density at radius 3 is 2.24 bits per heavy atom. The number of hydrogen-bond donors (Lipinski definition) is 1. The summed E-state index contributed by atoms with van der Waals surface area (Å²) in [6.07, 6.45) is 11.6. The van der Waals surface area contributed by atoms with Gasteiger partial charge in [0.25, 0.3) is 0 Å². The molecule has 0 heterocycles. The van der Waals surface area contributed by atoms with Crippen molar-refractivity contribution in [2.75, 3.05) is 0 Å². The Morgan fingerprint density at radius 1 is 0.882 bits per heavy atom. The van der Waals surface area contributed by atoms with E-state index in [1.807, 2.05) is 0 Å². The molecule has 0 aliphatic heterocycles. The number of hydrogen-bond acceptors (Lipinski definition) is 1. The van der Waals surface area contributed by atoms with Crippen LogP contribution in [0.3, 0.4) is 0 Å². The standard InChI is InChI=1S/C16H31N/c1-12-9-10-16(11-13(12)2)17-14(3)15-7-5-4-6-8-15/h12-17H,4-11H2,1-3H3/t12?,13?,14-,16?/m1/s1. The van der Waals surface area contributed by atoms with E-state index in [1.54, 1.807) is 0 Å². The molecule has 0 aromatic heterocycles. The molecule has 0 aromatic carbocycles. The highest BCUT2D eigenvalue weighted by Crippen LogP contribution is 2.31. The number of rotatable bonds is 3. The van der Waals surface area contributed by atoms with E-state index in [0.29, 0.717) is 0 Å². The van der Waals surface area contributed by atoms with E-state index < -0.39 is 0 Å². The van der Waals surface area contributed by atoms with Gasteiger partial charge in [0.2, 0.25) is 0 Å². The molecule has 0 amide bonds. The smallest absolute Gasteiger partial charge is 0.00723 e. The molecular formula is C16H31N. The molecule has 0 bridgehead atoms. The minimum absolute atomic E-state index is 0.751. The third-order valence-electron chi connectivity index (χ3n) is 5.45. The lowest BCUT2D eigenvalue weighted by molar-refractivity contribution is 0.190. The van der Waals surface area contributed by atoms with Crippen molar-refractivity contribution >= 4 is 0 Å². The van der Waals surface area contributed by atoms with Crippen LogP contribution in [0.4, 0.5) is 0 Å². The van der Waals surface area contributed by atoms with Gasteiger partial charge < -0.3 is 5.32 Å². The predicted molar refractivity (Wildman–Crippen MR) is 75.1 cm³/mol. The van der Waals surface area contributed by atoms with Crippen LogP contribution in [0.25, 0.3) is 0 Å². The molecule has 0 spiro atoms. The van der Waals surface area contributed by atoms with Crippen LogP contribution in [-0.2, 0) is 0 Å². The molecule has 1 heteroatoms. The van der Waals surface area contributed by atoms with Crippen LogP contribution in [0, 0.1) is 17.8 Å². The fraction of sp³-hybridized carbons (Fsp3) is 1.00. The first-order valence-corrected chi connectivity index (χ1v) is 7.93. The molecule has 1 N–H and O–H groups in total. The van der Waals surface area contributed by atoms with E-state index in [1.165, 1.54) is 51.4 Å². The van der Waals surface area contributed by atoms with Gasteiger partial charge in [0.15, 0.2) is 0 Å². The molecule has 17 heavy (non-hydrogen) atoms. The Labute approximate surface area is 108 Å². The summed E-state index contributed by atoms with van der Waals surface area (Å²) < 4.78 is 0. The molecule has 0 aromatic rings. The molecule has 2 saturated carbocycles. The maximum absolute atomic E-state index is 3.94. The zero-order valence-electron chi connectivity index (χ0n) is 12.0. The van der Waals surface area contributed by atoms with Crippen LogP contribution < -0.4 is 5.32 Å². The van der Waals surface area contributed by atoms with Crippen molar-refractivity contribution in [1.29, 1.82) is 0 Å². The van der Waals surface area contributed by atoms with Gasteiger partial charge in [0, 0.05) is 12.1 Å². The SMILES string of the molecule is CC1CCC(N[C@H](C)C2CCCCC2)CC1C. The van der Waals surface area contributed by atoms with Gasteiger partial charge in [-0.15, -0.1) is 0 Å². The van der Waals surface area contributed by atoms with Gasteiger partial charge in [-0.25, -0.2) is 0 Å². The number of nitrogens with one attached hydrogen (secondary N) is 1. The summed E-state index contributed by atoms with van der Waals surface area (Å²) >= 11 is 0. The minimum Gasteiger partial charge on any atom is -0.311 e. The summed E-state index contributed by atoms with van der Waals surface area (Å²) in [6.45, 7) is 7.29. The summed E-state index contributed by atoms with van der Waals surface area (Å²) in [5, 5.41) is 3.94. The Balaban J connectivity index is 1.76. The normalized spacial score (nSPS) is 37.9. The van der Waals surface area contributed by atoms with Crippen molar-refractivity contribution < 1.29 is 0 Å². The summed E-state index contributed by atoms with van der Waals surface area (Å²) in [5.41, 5.74) is 0.